The number of aryl methyl sites for hydroxylation is 3. The molecule has 1 N–H and O–H groups in total. The Balaban J connectivity index is 1.58. The molecule has 0 amide bonds. The van der Waals surface area contributed by atoms with Gasteiger partial charge in [0.05, 0.1) is 16.8 Å². The molecule has 4 rings (SSSR count). The first kappa shape index (κ1) is 18.5. The molecule has 144 valence electrons. The maximum atomic E-state index is 12.7. The van der Waals surface area contributed by atoms with Crippen LogP contribution in [0.1, 0.15) is 23.1 Å². The highest BCUT2D eigenvalue weighted by Gasteiger charge is 2.20. The third-order valence-electron chi connectivity index (χ3n) is 5.01. The molecule has 5 nitrogen and oxygen atoms in total. The quantitative estimate of drug-likeness (QED) is 0.705. The maximum Gasteiger partial charge on any atom is 0.262 e. The van der Waals surface area contributed by atoms with Gasteiger partial charge in [0.25, 0.3) is 10.0 Å². The lowest BCUT2D eigenvalue weighted by Gasteiger charge is -2.30. The van der Waals surface area contributed by atoms with Crippen molar-refractivity contribution < 1.29 is 8.42 Å². The smallest absolute Gasteiger partial charge is 0.262 e. The Hall–Kier alpha value is -2.86. The van der Waals surface area contributed by atoms with Crippen LogP contribution < -0.4 is 9.62 Å². The van der Waals surface area contributed by atoms with Crippen LogP contribution in [0.5, 0.6) is 0 Å². The second kappa shape index (κ2) is 7.28. The first-order chi connectivity index (χ1) is 13.4. The summed E-state index contributed by atoms with van der Waals surface area (Å²) in [6, 6.07) is 17.3. The summed E-state index contributed by atoms with van der Waals surface area (Å²) in [7, 11) is -3.65. The number of sulfonamides is 1. The van der Waals surface area contributed by atoms with Crippen molar-refractivity contribution in [3.05, 3.63) is 77.5 Å². The Bertz CT molecular complexity index is 1110. The van der Waals surface area contributed by atoms with Gasteiger partial charge in [0.2, 0.25) is 0 Å². The Morgan fingerprint density at radius 1 is 1.04 bits per heavy atom. The van der Waals surface area contributed by atoms with E-state index in [-0.39, 0.29) is 4.90 Å². The van der Waals surface area contributed by atoms with Gasteiger partial charge in [-0.15, -0.1) is 0 Å². The molecule has 0 aliphatic carbocycles. The summed E-state index contributed by atoms with van der Waals surface area (Å²) in [6.07, 6.45) is 3.72. The van der Waals surface area contributed by atoms with Crippen LogP contribution in [0.2, 0.25) is 0 Å². The number of para-hydroxylation sites is 1. The van der Waals surface area contributed by atoms with Gasteiger partial charge in [-0.3, -0.25) is 4.72 Å². The summed E-state index contributed by atoms with van der Waals surface area (Å²) in [5, 5.41) is 0. The monoisotopic (exact) mass is 393 g/mol. The van der Waals surface area contributed by atoms with Gasteiger partial charge in [-0.1, -0.05) is 35.9 Å². The fourth-order valence-electron chi connectivity index (χ4n) is 3.69. The van der Waals surface area contributed by atoms with Crippen molar-refractivity contribution in [1.82, 2.24) is 4.98 Å². The summed E-state index contributed by atoms with van der Waals surface area (Å²) in [5.41, 5.74) is 4.69. The Labute approximate surface area is 166 Å². The van der Waals surface area contributed by atoms with Gasteiger partial charge in [0.1, 0.15) is 5.82 Å². The van der Waals surface area contributed by atoms with Crippen LogP contribution in [0.25, 0.3) is 0 Å². The lowest BCUT2D eigenvalue weighted by Crippen LogP contribution is -2.25. The Morgan fingerprint density at radius 2 is 1.86 bits per heavy atom. The van der Waals surface area contributed by atoms with Gasteiger partial charge in [0.15, 0.2) is 0 Å². The molecule has 6 heteroatoms. The number of hydrogen-bond donors (Lipinski definition) is 1. The number of nitrogens with one attached hydrogen (secondary N) is 1. The lowest BCUT2D eigenvalue weighted by molar-refractivity contribution is 0.600. The molecule has 28 heavy (non-hydrogen) atoms. The molecule has 3 aromatic rings. The molecular weight excluding hydrogens is 370 g/mol. The predicted octanol–water partition coefficient (Wildman–Crippen LogP) is 4.58. The van der Waals surface area contributed by atoms with Gasteiger partial charge in [0, 0.05) is 12.2 Å². The minimum Gasteiger partial charge on any atom is -0.326 e. The molecule has 0 unspecified atom stereocenters. The van der Waals surface area contributed by atoms with Crippen molar-refractivity contribution in [2.75, 3.05) is 16.2 Å². The maximum absolute atomic E-state index is 12.7. The number of hydrogen-bond acceptors (Lipinski definition) is 4. The van der Waals surface area contributed by atoms with Crippen LogP contribution >= 0.6 is 0 Å². The largest absolute Gasteiger partial charge is 0.326 e. The number of pyridine rings is 1. The zero-order chi connectivity index (χ0) is 19.7. The van der Waals surface area contributed by atoms with E-state index in [1.54, 1.807) is 31.3 Å². The van der Waals surface area contributed by atoms with Crippen LogP contribution in [-0.2, 0) is 16.4 Å². The predicted molar refractivity (Wildman–Crippen MR) is 113 cm³/mol. The van der Waals surface area contributed by atoms with E-state index in [0.29, 0.717) is 5.69 Å². The molecule has 2 heterocycles. The minimum atomic E-state index is -3.65. The number of aromatic nitrogens is 1. The van der Waals surface area contributed by atoms with E-state index in [1.165, 1.54) is 11.3 Å². The third kappa shape index (κ3) is 3.60. The van der Waals surface area contributed by atoms with Crippen molar-refractivity contribution in [2.45, 2.75) is 31.6 Å². The summed E-state index contributed by atoms with van der Waals surface area (Å²) in [5.74, 6) is 0.821. The van der Waals surface area contributed by atoms with Gasteiger partial charge in [-0.2, -0.15) is 0 Å². The van der Waals surface area contributed by atoms with Gasteiger partial charge < -0.3 is 4.90 Å². The van der Waals surface area contributed by atoms with E-state index in [4.69, 9.17) is 0 Å². The summed E-state index contributed by atoms with van der Waals surface area (Å²) in [4.78, 5) is 6.98. The van der Waals surface area contributed by atoms with Crippen molar-refractivity contribution in [2.24, 2.45) is 0 Å². The second-order valence-electron chi connectivity index (χ2n) is 7.16. The van der Waals surface area contributed by atoms with Crippen LogP contribution in [0, 0.1) is 13.8 Å². The molecule has 1 aliphatic rings. The summed E-state index contributed by atoms with van der Waals surface area (Å²) in [6.45, 7) is 4.65. The first-order valence-electron chi connectivity index (χ1n) is 9.36. The van der Waals surface area contributed by atoms with E-state index < -0.39 is 10.0 Å². The van der Waals surface area contributed by atoms with Crippen molar-refractivity contribution in [3.63, 3.8) is 0 Å². The van der Waals surface area contributed by atoms with Gasteiger partial charge in [-0.25, -0.2) is 13.4 Å². The molecule has 0 radical (unpaired) electrons. The zero-order valence-corrected chi connectivity index (χ0v) is 16.8. The number of nitrogens with zero attached hydrogens (tertiary/aromatic N) is 2. The lowest BCUT2D eigenvalue weighted by atomic mass is 10.0. The highest BCUT2D eigenvalue weighted by molar-refractivity contribution is 7.92. The number of rotatable bonds is 4. The average Bonchev–Trinajstić information content (AvgIpc) is 2.67. The van der Waals surface area contributed by atoms with Crippen molar-refractivity contribution in [3.8, 4) is 0 Å². The molecule has 0 fully saturated rings. The molecule has 0 saturated carbocycles. The fraction of sp³-hybridized carbons (Fsp3) is 0.227. The molecule has 0 spiro atoms. The normalized spacial score (nSPS) is 13.9. The molecule has 0 bridgehead atoms. The molecular formula is C22H23N3O2S. The Morgan fingerprint density at radius 3 is 2.61 bits per heavy atom. The van der Waals surface area contributed by atoms with Crippen LogP contribution in [0.3, 0.4) is 0 Å². The van der Waals surface area contributed by atoms with Crippen LogP contribution in [0.15, 0.2) is 65.7 Å². The van der Waals surface area contributed by atoms with Crippen LogP contribution in [0.4, 0.5) is 17.2 Å². The molecule has 2 aromatic carbocycles. The van der Waals surface area contributed by atoms with Gasteiger partial charge in [-0.05, 0) is 62.1 Å². The van der Waals surface area contributed by atoms with Crippen molar-refractivity contribution >= 4 is 27.2 Å². The number of benzene rings is 2. The molecule has 1 aliphatic heterocycles. The SMILES string of the molecule is Cc1ccc(S(=O)(=O)Nc2ccc(N3CCCc4ccccc43)nc2)c(C)c1. The first-order valence-corrected chi connectivity index (χ1v) is 10.8. The standard InChI is InChI=1S/C22H23N3O2S/c1-16-9-11-21(17(2)14-16)28(26,27)24-19-10-12-22(23-15-19)25-13-5-7-18-6-3-4-8-20(18)25/h3-4,6,8-12,14-15,24H,5,7,13H2,1-2H3. The molecule has 0 atom stereocenters. The molecule has 0 saturated heterocycles. The fourth-order valence-corrected chi connectivity index (χ4v) is 4.96. The third-order valence-corrected chi connectivity index (χ3v) is 6.55. The number of anilines is 3. The van der Waals surface area contributed by atoms with E-state index in [9.17, 15) is 8.42 Å². The topological polar surface area (TPSA) is 62.3 Å². The highest BCUT2D eigenvalue weighted by Crippen LogP contribution is 2.32. The summed E-state index contributed by atoms with van der Waals surface area (Å²) >= 11 is 0. The number of fused-ring (bicyclic) bond motifs is 1. The van der Waals surface area contributed by atoms with E-state index >= 15 is 0 Å². The second-order valence-corrected chi connectivity index (χ2v) is 8.81. The van der Waals surface area contributed by atoms with E-state index in [0.717, 1.165) is 36.3 Å². The molecule has 1 aromatic heterocycles. The summed E-state index contributed by atoms with van der Waals surface area (Å²) < 4.78 is 28.1. The van der Waals surface area contributed by atoms with E-state index in [1.807, 2.05) is 25.1 Å². The van der Waals surface area contributed by atoms with E-state index in [2.05, 4.69) is 32.8 Å². The highest BCUT2D eigenvalue weighted by atomic mass is 32.2. The zero-order valence-electron chi connectivity index (χ0n) is 16.0. The van der Waals surface area contributed by atoms with Crippen molar-refractivity contribution in [1.29, 1.82) is 0 Å². The average molecular weight is 394 g/mol. The minimum absolute atomic E-state index is 0.284. The van der Waals surface area contributed by atoms with Gasteiger partial charge >= 0.3 is 0 Å². The van der Waals surface area contributed by atoms with Crippen LogP contribution in [-0.4, -0.2) is 19.9 Å². The Kier molecular flexibility index (Phi) is 4.81.